The number of unbranched alkanes of at least 4 members (excludes halogenated alkanes) is 2. The second-order valence-electron chi connectivity index (χ2n) is 9.89. The number of aromatic amines is 1. The van der Waals surface area contributed by atoms with Crippen LogP contribution in [0, 0.1) is 11.8 Å². The van der Waals surface area contributed by atoms with Gasteiger partial charge in [-0.25, -0.2) is 14.8 Å². The van der Waals surface area contributed by atoms with Gasteiger partial charge in [0.05, 0.1) is 5.52 Å². The molecule has 0 unspecified atom stereocenters. The van der Waals surface area contributed by atoms with Crippen molar-refractivity contribution in [3.8, 4) is 11.8 Å². The van der Waals surface area contributed by atoms with Gasteiger partial charge < -0.3 is 15.4 Å². The van der Waals surface area contributed by atoms with E-state index in [-0.39, 0.29) is 11.6 Å². The van der Waals surface area contributed by atoms with Crippen molar-refractivity contribution < 1.29 is 14.7 Å². The average molecular weight is 522 g/mol. The van der Waals surface area contributed by atoms with Crippen LogP contribution >= 0.6 is 0 Å². The minimum absolute atomic E-state index is 0.00174. The molecule has 0 radical (unpaired) electrons. The van der Waals surface area contributed by atoms with Crippen LogP contribution in [0.15, 0.2) is 60.8 Å². The molecule has 198 valence electrons. The third-order valence-electron chi connectivity index (χ3n) is 7.06. The highest BCUT2D eigenvalue weighted by Gasteiger charge is 2.24. The number of pyridine rings is 2. The SMILES string of the molecule is CN1CCC[C@@H]1c1cc2cnc(NC(=O)c3ccc(CCCCC#Cc4cccc(C(=O)O)n4)cc3)cc2[nH]1. The van der Waals surface area contributed by atoms with Crippen LogP contribution in [0.2, 0.25) is 0 Å². The van der Waals surface area contributed by atoms with Gasteiger partial charge in [0.25, 0.3) is 5.91 Å². The molecule has 1 amide bonds. The number of nitrogens with zero attached hydrogens (tertiary/aromatic N) is 3. The number of carbonyl (C=O) groups excluding carboxylic acids is 1. The predicted molar refractivity (Wildman–Crippen MR) is 151 cm³/mol. The Labute approximate surface area is 227 Å². The van der Waals surface area contributed by atoms with Gasteiger partial charge in [0.2, 0.25) is 0 Å². The van der Waals surface area contributed by atoms with Gasteiger partial charge in [-0.2, -0.15) is 0 Å². The maximum atomic E-state index is 12.8. The zero-order chi connectivity index (χ0) is 27.2. The van der Waals surface area contributed by atoms with E-state index in [2.05, 4.69) is 50.1 Å². The van der Waals surface area contributed by atoms with Crippen LogP contribution in [-0.4, -0.2) is 50.4 Å². The van der Waals surface area contributed by atoms with Crippen molar-refractivity contribution in [2.75, 3.05) is 18.9 Å². The third-order valence-corrected chi connectivity index (χ3v) is 7.06. The van der Waals surface area contributed by atoms with E-state index < -0.39 is 5.97 Å². The Morgan fingerprint density at radius 1 is 1.15 bits per heavy atom. The third kappa shape index (κ3) is 6.51. The van der Waals surface area contributed by atoms with E-state index in [0.29, 0.717) is 29.5 Å². The molecule has 1 saturated heterocycles. The summed E-state index contributed by atoms with van der Waals surface area (Å²) in [6.45, 7) is 1.11. The van der Waals surface area contributed by atoms with Crippen molar-refractivity contribution >= 4 is 28.6 Å². The molecule has 8 heteroatoms. The molecule has 8 nitrogen and oxygen atoms in total. The molecule has 0 aliphatic carbocycles. The molecule has 1 aromatic carbocycles. The highest BCUT2D eigenvalue weighted by molar-refractivity contribution is 6.04. The maximum absolute atomic E-state index is 12.8. The summed E-state index contributed by atoms with van der Waals surface area (Å²) in [6, 6.07) is 16.9. The van der Waals surface area contributed by atoms with E-state index in [1.807, 2.05) is 30.3 Å². The number of benzene rings is 1. The lowest BCUT2D eigenvalue weighted by molar-refractivity contribution is 0.0690. The summed E-state index contributed by atoms with van der Waals surface area (Å²) >= 11 is 0. The fourth-order valence-corrected chi connectivity index (χ4v) is 4.93. The molecule has 5 rings (SSSR count). The summed E-state index contributed by atoms with van der Waals surface area (Å²) < 4.78 is 0. The van der Waals surface area contributed by atoms with E-state index >= 15 is 0 Å². The quantitative estimate of drug-likeness (QED) is 0.210. The lowest BCUT2D eigenvalue weighted by Crippen LogP contribution is -2.17. The lowest BCUT2D eigenvalue weighted by atomic mass is 10.0. The molecule has 4 heterocycles. The van der Waals surface area contributed by atoms with Gasteiger partial charge in [-0.15, -0.1) is 0 Å². The average Bonchev–Trinajstić information content (AvgIpc) is 3.56. The number of fused-ring (bicyclic) bond motifs is 1. The first-order chi connectivity index (χ1) is 19.0. The summed E-state index contributed by atoms with van der Waals surface area (Å²) in [5.74, 6) is 5.27. The number of H-pyrrole nitrogens is 1. The molecule has 39 heavy (non-hydrogen) atoms. The molecule has 0 bridgehead atoms. The highest BCUT2D eigenvalue weighted by atomic mass is 16.4. The first-order valence-electron chi connectivity index (χ1n) is 13.2. The Balaban J connectivity index is 1.10. The largest absolute Gasteiger partial charge is 0.477 e. The predicted octanol–water partition coefficient (Wildman–Crippen LogP) is 5.44. The Bertz CT molecular complexity index is 1550. The van der Waals surface area contributed by atoms with Gasteiger partial charge >= 0.3 is 5.97 Å². The zero-order valence-electron chi connectivity index (χ0n) is 21.9. The van der Waals surface area contributed by atoms with Crippen molar-refractivity contribution in [3.63, 3.8) is 0 Å². The molecule has 0 spiro atoms. The summed E-state index contributed by atoms with van der Waals surface area (Å²) in [5, 5.41) is 13.0. The first kappa shape index (κ1) is 26.1. The number of likely N-dealkylation sites (tertiary alicyclic amines) is 1. The number of carboxylic acids is 1. The number of nitrogens with one attached hydrogen (secondary N) is 2. The number of amides is 1. The number of aromatic nitrogens is 3. The smallest absolute Gasteiger partial charge is 0.354 e. The molecule has 3 aromatic heterocycles. The molecular weight excluding hydrogens is 490 g/mol. The lowest BCUT2D eigenvalue weighted by Gasteiger charge is -2.17. The number of aromatic carboxylic acids is 1. The van der Waals surface area contributed by atoms with Gasteiger partial charge in [-0.1, -0.05) is 24.1 Å². The second-order valence-corrected chi connectivity index (χ2v) is 9.89. The van der Waals surface area contributed by atoms with Crippen molar-refractivity contribution in [2.45, 2.75) is 44.6 Å². The molecule has 3 N–H and O–H groups in total. The van der Waals surface area contributed by atoms with Crippen LogP contribution in [-0.2, 0) is 6.42 Å². The zero-order valence-corrected chi connectivity index (χ0v) is 21.9. The summed E-state index contributed by atoms with van der Waals surface area (Å²) in [5.41, 5.74) is 4.38. The standard InChI is InChI=1S/C31H31N5O3/c1-36-17-7-12-28(36)27-18-23-20-32-29(19-26(23)34-27)35-30(37)22-15-13-21(14-16-22)8-4-2-3-5-9-24-10-6-11-25(33-24)31(38)39/h6,10-11,13-16,18-20,28,34H,2-4,7-8,12,17H2,1H3,(H,38,39)(H,32,35,37)/t28-/m1/s1. The summed E-state index contributed by atoms with van der Waals surface area (Å²) in [4.78, 5) is 38.1. The van der Waals surface area contributed by atoms with Crippen LogP contribution in [0.4, 0.5) is 5.82 Å². The Kier molecular flexibility index (Phi) is 7.99. The van der Waals surface area contributed by atoms with E-state index in [1.54, 1.807) is 18.3 Å². The number of aryl methyl sites for hydroxylation is 1. The Morgan fingerprint density at radius 2 is 2.00 bits per heavy atom. The van der Waals surface area contributed by atoms with Gasteiger partial charge in [-0.05, 0) is 87.5 Å². The number of rotatable bonds is 8. The molecular formula is C31H31N5O3. The normalized spacial score (nSPS) is 15.2. The monoisotopic (exact) mass is 521 g/mol. The van der Waals surface area contributed by atoms with Crippen molar-refractivity contribution in [2.24, 2.45) is 0 Å². The Morgan fingerprint density at radius 3 is 2.77 bits per heavy atom. The highest BCUT2D eigenvalue weighted by Crippen LogP contribution is 2.32. The molecule has 1 aliphatic heterocycles. The topological polar surface area (TPSA) is 111 Å². The molecule has 1 atom stereocenters. The number of hydrogen-bond acceptors (Lipinski definition) is 5. The summed E-state index contributed by atoms with van der Waals surface area (Å²) in [6.07, 6.45) is 7.62. The summed E-state index contributed by atoms with van der Waals surface area (Å²) in [7, 11) is 2.15. The maximum Gasteiger partial charge on any atom is 0.354 e. The van der Waals surface area contributed by atoms with Crippen LogP contribution in [0.5, 0.6) is 0 Å². The number of hydrogen-bond donors (Lipinski definition) is 3. The van der Waals surface area contributed by atoms with Crippen LogP contribution in [0.25, 0.3) is 10.9 Å². The minimum atomic E-state index is -1.06. The van der Waals surface area contributed by atoms with Gasteiger partial charge in [0, 0.05) is 41.4 Å². The molecule has 1 fully saturated rings. The van der Waals surface area contributed by atoms with E-state index in [9.17, 15) is 9.59 Å². The van der Waals surface area contributed by atoms with E-state index in [1.165, 1.54) is 18.2 Å². The fourth-order valence-electron chi connectivity index (χ4n) is 4.93. The molecule has 1 aliphatic rings. The van der Waals surface area contributed by atoms with Crippen molar-refractivity contribution in [1.29, 1.82) is 0 Å². The molecule has 4 aromatic rings. The fraction of sp³-hybridized carbons (Fsp3) is 0.290. The van der Waals surface area contributed by atoms with E-state index in [4.69, 9.17) is 5.11 Å². The van der Waals surface area contributed by atoms with Crippen molar-refractivity contribution in [1.82, 2.24) is 19.9 Å². The van der Waals surface area contributed by atoms with E-state index in [0.717, 1.165) is 48.7 Å². The van der Waals surface area contributed by atoms with Crippen molar-refractivity contribution in [3.05, 3.63) is 89.0 Å². The molecule has 0 saturated carbocycles. The van der Waals surface area contributed by atoms with Crippen LogP contribution in [0.1, 0.15) is 75.9 Å². The number of carbonyl (C=O) groups is 2. The second kappa shape index (κ2) is 11.9. The number of carboxylic acid groups (broad SMARTS) is 1. The van der Waals surface area contributed by atoms with Gasteiger partial charge in [0.1, 0.15) is 17.2 Å². The minimum Gasteiger partial charge on any atom is -0.477 e. The van der Waals surface area contributed by atoms with Crippen LogP contribution in [0.3, 0.4) is 0 Å². The Hall–Kier alpha value is -4.48. The van der Waals surface area contributed by atoms with Gasteiger partial charge in [0.15, 0.2) is 0 Å². The van der Waals surface area contributed by atoms with Gasteiger partial charge in [-0.3, -0.25) is 9.69 Å². The first-order valence-corrected chi connectivity index (χ1v) is 13.2. The van der Waals surface area contributed by atoms with Crippen LogP contribution < -0.4 is 5.32 Å². The number of anilines is 1.